The SMILES string of the molecule is Brc1cnc(-c2nc3ccccc3c3c2ccc2ccccc23)c2ccccc12.CC1(C)OB(c2cnc(-c3nc4ccccc4c4c3ccc3ccccc34)c3ccccc23)OC1(C)C.Nc1ccccc1-c1cccc2ccccc12.O=C(Nc1ccccc1-c1cccc2ccccc12)c1ncc(Br)c2ccccc12.O=[N+]([O-])c1ccccc1-c1cccc2ccccc12.O=[N+]([O-])c1ccccc1B(O)O. The molecule has 1 saturated heterocycles. The average Bonchev–Trinajstić information content (AvgIpc) is 0.933. The lowest BCUT2D eigenvalue weighted by Gasteiger charge is -2.32. The number of rotatable bonds is 11. The highest BCUT2D eigenvalue weighted by Crippen LogP contribution is 2.45. The number of halogens is 2. The third-order valence-corrected chi connectivity index (χ3v) is 27.8. The molecule has 0 saturated carbocycles. The summed E-state index contributed by atoms with van der Waals surface area (Å²) < 4.78 is 14.7. The van der Waals surface area contributed by atoms with Crippen LogP contribution < -0.4 is 22.0 Å². The summed E-state index contributed by atoms with van der Waals surface area (Å²) in [6.07, 6.45) is 5.46. The number of amides is 1. The molecule has 1 amide bonds. The van der Waals surface area contributed by atoms with Gasteiger partial charge < -0.3 is 30.4 Å². The lowest BCUT2D eigenvalue weighted by atomic mass is 9.77. The van der Waals surface area contributed by atoms with Gasteiger partial charge in [-0.3, -0.25) is 35.0 Å². The molecule has 144 heavy (non-hydrogen) atoms. The molecule has 0 spiro atoms. The Morgan fingerprint density at radius 2 is 0.674 bits per heavy atom. The van der Waals surface area contributed by atoms with Crippen molar-refractivity contribution in [3.63, 3.8) is 0 Å². The van der Waals surface area contributed by atoms with E-state index in [4.69, 9.17) is 45.0 Å². The van der Waals surface area contributed by atoms with Gasteiger partial charge in [0.25, 0.3) is 17.3 Å². The second kappa shape index (κ2) is 41.1. The molecule has 1 fully saturated rings. The van der Waals surface area contributed by atoms with Crippen LogP contribution >= 0.6 is 31.9 Å². The van der Waals surface area contributed by atoms with E-state index < -0.39 is 30.4 Å². The van der Waals surface area contributed by atoms with Gasteiger partial charge in [0.15, 0.2) is 0 Å². The van der Waals surface area contributed by atoms with Crippen molar-refractivity contribution < 1.29 is 34.0 Å². The molecule has 24 aromatic rings. The molecule has 1 aliphatic rings. The number of pyridine rings is 5. The van der Waals surface area contributed by atoms with E-state index in [1.165, 1.54) is 84.4 Å². The van der Waals surface area contributed by atoms with E-state index in [-0.39, 0.29) is 27.7 Å². The first-order valence-electron chi connectivity index (χ1n) is 46.9. The van der Waals surface area contributed by atoms with Crippen LogP contribution in [0.15, 0.2) is 446 Å². The minimum atomic E-state index is -1.80. The van der Waals surface area contributed by atoms with Gasteiger partial charge in [-0.2, -0.15) is 0 Å². The lowest BCUT2D eigenvalue weighted by Crippen LogP contribution is -2.41. The average molecular weight is 2010 g/mol. The zero-order chi connectivity index (χ0) is 99.3. The maximum atomic E-state index is 13.2. The number of anilines is 2. The van der Waals surface area contributed by atoms with Gasteiger partial charge in [-0.1, -0.05) is 376 Å². The van der Waals surface area contributed by atoms with E-state index in [0.717, 1.165) is 152 Å². The summed E-state index contributed by atoms with van der Waals surface area (Å²) in [6, 6.07) is 138. The van der Waals surface area contributed by atoms with Gasteiger partial charge in [0.05, 0.1) is 65.9 Å². The van der Waals surface area contributed by atoms with Crippen molar-refractivity contribution in [3.8, 4) is 56.2 Å². The summed E-state index contributed by atoms with van der Waals surface area (Å²) in [4.78, 5) is 58.1. The van der Waals surface area contributed by atoms with Gasteiger partial charge in [0.2, 0.25) is 0 Å². The van der Waals surface area contributed by atoms with Crippen LogP contribution in [-0.4, -0.2) is 76.2 Å². The predicted octanol–water partition coefficient (Wildman–Crippen LogP) is 29.4. The number of benzene rings is 19. The topological polar surface area (TPSA) is 265 Å². The largest absolute Gasteiger partial charge is 0.497 e. The zero-order valence-corrected chi connectivity index (χ0v) is 81.6. The van der Waals surface area contributed by atoms with Gasteiger partial charge in [-0.05, 0) is 177 Å². The van der Waals surface area contributed by atoms with Crippen LogP contribution in [0.2, 0.25) is 0 Å². The molecule has 22 heteroatoms. The van der Waals surface area contributed by atoms with Crippen molar-refractivity contribution in [2.45, 2.75) is 38.9 Å². The highest BCUT2D eigenvalue weighted by molar-refractivity contribution is 9.11. The number of hydrogen-bond donors (Lipinski definition) is 4. The second-order valence-corrected chi connectivity index (χ2v) is 37.4. The standard InChI is InChI=1S/C32H27BN2O2.C26H17BrN2O.C26H15BrN2.C16H11NO2.C16H13N.C6H6BNO4/c1-31(2)32(3,4)37-33(36-31)26-19-34-29(23-14-8-7-13-22(23)26)30-25-18-17-20-11-5-6-12-21(20)28(25)24-15-9-10-16-27(24)35-30;27-23-16-28-25(22-13-4-3-11-20(22)23)26(30)29-24-15-6-5-12-21(24)19-14-7-9-17-8-1-2-10-18(17)19;27-22-15-28-25(19-10-4-3-9-18(19)22)26-21-14-13-16-7-1-2-8-17(16)24(21)20-11-5-6-12-23(20)29-26;18-17(19)16-11-4-3-9-15(16)14-10-5-7-12-6-1-2-8-13(12)14;17-16-11-4-3-9-15(16)14-10-5-7-12-6-1-2-8-13(12)14;9-7(10)5-3-1-2-4-6(5)8(11)12/h5-19H,1-4H3;1-16H,(H,29,30);1-15H;1-11H;1-11H,17H2;1-4,9-10H. The summed E-state index contributed by atoms with van der Waals surface area (Å²) in [5, 5.41) is 66.8. The molecule has 0 radical (unpaired) electrons. The fourth-order valence-corrected chi connectivity index (χ4v) is 19.8. The zero-order valence-electron chi connectivity index (χ0n) is 78.4. The predicted molar refractivity (Wildman–Crippen MR) is 598 cm³/mol. The number of carbonyl (C=O) groups is 1. The van der Waals surface area contributed by atoms with E-state index in [0.29, 0.717) is 11.3 Å². The molecule has 5 N–H and O–H groups in total. The molecule has 25 rings (SSSR count). The van der Waals surface area contributed by atoms with E-state index in [2.05, 4.69) is 300 Å². The van der Waals surface area contributed by atoms with Crippen molar-refractivity contribution in [2.24, 2.45) is 0 Å². The molecule has 18 nitrogen and oxygen atoms in total. The van der Waals surface area contributed by atoms with Crippen LogP contribution in [-0.2, 0) is 9.31 Å². The number of hydrogen-bond acceptors (Lipinski definition) is 15. The number of aromatic nitrogens is 5. The first-order chi connectivity index (χ1) is 70.1. The Balaban J connectivity index is 0.000000109. The molecular weight excluding hydrogens is 1920 g/mol. The van der Waals surface area contributed by atoms with Gasteiger partial charge in [0, 0.05) is 116 Å². The molecule has 0 atom stereocenters. The highest BCUT2D eigenvalue weighted by Gasteiger charge is 2.52. The third-order valence-electron chi connectivity index (χ3n) is 26.6. The van der Waals surface area contributed by atoms with Gasteiger partial charge in [-0.15, -0.1) is 0 Å². The number of nitrogens with two attached hydrogens (primary N) is 1. The summed E-state index contributed by atoms with van der Waals surface area (Å²) in [5.74, 6) is -0.230. The molecule has 0 unspecified atom stereocenters. The third kappa shape index (κ3) is 18.9. The number of nitrogen functional groups attached to an aromatic ring is 1. The Hall–Kier alpha value is -17.0. The summed E-state index contributed by atoms with van der Waals surface area (Å²) in [5.41, 5.74) is 19.3. The van der Waals surface area contributed by atoms with Gasteiger partial charge >= 0.3 is 14.2 Å². The number of para-hydroxylation sites is 6. The van der Waals surface area contributed by atoms with Crippen molar-refractivity contribution in [1.29, 1.82) is 0 Å². The quantitative estimate of drug-likeness (QED) is 0.0308. The molecular formula is C122H89B2Br2N9O9. The van der Waals surface area contributed by atoms with Crippen LogP contribution in [0.25, 0.3) is 186 Å². The first-order valence-corrected chi connectivity index (χ1v) is 48.4. The van der Waals surface area contributed by atoms with Crippen LogP contribution in [0.3, 0.4) is 0 Å². The number of nitro groups is 2. The van der Waals surface area contributed by atoms with Crippen molar-refractivity contribution >= 4 is 215 Å². The number of carbonyl (C=O) groups excluding carboxylic acids is 1. The van der Waals surface area contributed by atoms with E-state index in [9.17, 15) is 25.0 Å². The normalized spacial score (nSPS) is 12.4. The number of nitrogens with one attached hydrogen (secondary N) is 1. The fourth-order valence-electron chi connectivity index (χ4n) is 18.9. The number of nitro benzene ring substituents is 2. The minimum Gasteiger partial charge on any atom is -0.423 e. The van der Waals surface area contributed by atoms with Gasteiger partial charge in [0.1, 0.15) is 5.69 Å². The van der Waals surface area contributed by atoms with Crippen LogP contribution in [0.1, 0.15) is 38.2 Å². The van der Waals surface area contributed by atoms with E-state index in [1.807, 2.05) is 158 Å². The highest BCUT2D eigenvalue weighted by atomic mass is 79.9. The maximum absolute atomic E-state index is 13.2. The summed E-state index contributed by atoms with van der Waals surface area (Å²) in [6.45, 7) is 8.30. The molecule has 6 heterocycles. The molecule has 1 aliphatic heterocycles. The molecule has 696 valence electrons. The maximum Gasteiger partial charge on any atom is 0.497 e. The Morgan fingerprint density at radius 1 is 0.333 bits per heavy atom. The first kappa shape index (κ1) is 94.6. The Labute approximate surface area is 846 Å². The Morgan fingerprint density at radius 3 is 1.16 bits per heavy atom. The van der Waals surface area contributed by atoms with Crippen molar-refractivity contribution in [1.82, 2.24) is 24.9 Å². The van der Waals surface area contributed by atoms with E-state index >= 15 is 0 Å². The summed E-state index contributed by atoms with van der Waals surface area (Å²) >= 11 is 7.16. The minimum absolute atomic E-state index is 0.0949. The monoisotopic (exact) mass is 2000 g/mol. The molecule has 0 bridgehead atoms. The molecule has 5 aromatic heterocycles. The van der Waals surface area contributed by atoms with Gasteiger partial charge in [-0.25, -0.2) is 15.0 Å². The van der Waals surface area contributed by atoms with Crippen LogP contribution in [0.4, 0.5) is 22.7 Å². The van der Waals surface area contributed by atoms with Crippen LogP contribution in [0, 0.1) is 20.2 Å². The summed E-state index contributed by atoms with van der Waals surface area (Å²) in [7, 11) is -2.28. The number of fused-ring (bicyclic) bond motifs is 16. The van der Waals surface area contributed by atoms with Crippen molar-refractivity contribution in [3.05, 3.63) is 472 Å². The van der Waals surface area contributed by atoms with E-state index in [1.54, 1.807) is 18.3 Å². The fraction of sp³-hybridized carbons (Fsp3) is 0.0492. The van der Waals surface area contributed by atoms with Crippen molar-refractivity contribution in [2.75, 3.05) is 11.1 Å². The number of nitrogens with zero attached hydrogens (tertiary/aromatic N) is 7. The Kier molecular flexibility index (Phi) is 27.0. The Bertz CT molecular complexity index is 9090. The van der Waals surface area contributed by atoms with Crippen LogP contribution in [0.5, 0.6) is 0 Å². The molecule has 0 aliphatic carbocycles. The second-order valence-electron chi connectivity index (χ2n) is 35.7. The molecule has 19 aromatic carbocycles. The smallest absolute Gasteiger partial charge is 0.423 e. The lowest BCUT2D eigenvalue weighted by molar-refractivity contribution is -0.384.